The fraction of sp³-hybridized carbons (Fsp3) is 0.154. The van der Waals surface area contributed by atoms with E-state index in [4.69, 9.17) is 0 Å². The summed E-state index contributed by atoms with van der Waals surface area (Å²) in [6, 6.07) is 8.08. The molecule has 1 amide bonds. The van der Waals surface area contributed by atoms with E-state index < -0.39 is 25.8 Å². The summed E-state index contributed by atoms with van der Waals surface area (Å²) in [5, 5.41) is 0. The molecule has 0 spiro atoms. The first-order chi connectivity index (χ1) is 10.1. The van der Waals surface area contributed by atoms with Crippen molar-refractivity contribution in [2.75, 3.05) is 6.26 Å². The van der Waals surface area contributed by atoms with Gasteiger partial charge in [0.25, 0.3) is 15.9 Å². The maximum Gasteiger partial charge on any atom is 0.275 e. The van der Waals surface area contributed by atoms with Crippen molar-refractivity contribution in [3.63, 3.8) is 0 Å². The van der Waals surface area contributed by atoms with E-state index in [0.29, 0.717) is 0 Å². The number of sulfonamides is 1. The van der Waals surface area contributed by atoms with Gasteiger partial charge in [-0.25, -0.2) is 21.6 Å². The Balaban J connectivity index is 2.33. The van der Waals surface area contributed by atoms with Crippen LogP contribution in [0, 0.1) is 6.92 Å². The van der Waals surface area contributed by atoms with Crippen LogP contribution in [0.4, 0.5) is 0 Å². The minimum atomic E-state index is -4.14. The van der Waals surface area contributed by atoms with Gasteiger partial charge in [-0.1, -0.05) is 6.07 Å². The van der Waals surface area contributed by atoms with E-state index in [-0.39, 0.29) is 14.7 Å². The normalized spacial score (nSPS) is 12.1. The van der Waals surface area contributed by atoms with E-state index >= 15 is 0 Å². The Bertz CT molecular complexity index is 926. The molecular formula is C13H13NO5S3. The van der Waals surface area contributed by atoms with Gasteiger partial charge in [-0.05, 0) is 37.3 Å². The average molecular weight is 359 g/mol. The van der Waals surface area contributed by atoms with Gasteiger partial charge in [0.15, 0.2) is 9.84 Å². The lowest BCUT2D eigenvalue weighted by Gasteiger charge is -2.07. The van der Waals surface area contributed by atoms with Crippen LogP contribution in [0.1, 0.15) is 14.5 Å². The van der Waals surface area contributed by atoms with Crippen molar-refractivity contribution in [2.24, 2.45) is 0 Å². The third-order valence-corrected chi connectivity index (χ3v) is 6.17. The van der Waals surface area contributed by atoms with Crippen LogP contribution in [0.2, 0.25) is 0 Å². The number of nitrogens with one attached hydrogen (secondary N) is 1. The Morgan fingerprint density at radius 3 is 2.23 bits per heavy atom. The number of carbonyl (C=O) groups is 1. The molecule has 9 heteroatoms. The molecule has 118 valence electrons. The number of sulfone groups is 1. The zero-order chi connectivity index (χ0) is 16.5. The fourth-order valence-electron chi connectivity index (χ4n) is 1.66. The molecule has 0 saturated carbocycles. The number of aryl methyl sites for hydroxylation is 1. The van der Waals surface area contributed by atoms with Gasteiger partial charge in [0.1, 0.15) is 0 Å². The van der Waals surface area contributed by atoms with Gasteiger partial charge in [-0.2, -0.15) is 0 Å². The summed E-state index contributed by atoms with van der Waals surface area (Å²) in [5.74, 6) is -0.747. The highest BCUT2D eigenvalue weighted by molar-refractivity contribution is 7.91. The second-order valence-corrected chi connectivity index (χ2v) is 9.58. The Kier molecular flexibility index (Phi) is 4.41. The summed E-state index contributed by atoms with van der Waals surface area (Å²) < 4.78 is 49.2. The van der Waals surface area contributed by atoms with Crippen LogP contribution in [0.3, 0.4) is 0 Å². The highest BCUT2D eigenvalue weighted by Crippen LogP contribution is 2.18. The lowest BCUT2D eigenvalue weighted by Crippen LogP contribution is -2.30. The molecule has 1 aromatic heterocycles. The molecule has 0 saturated heterocycles. The molecule has 0 bridgehead atoms. The van der Waals surface area contributed by atoms with Crippen molar-refractivity contribution < 1.29 is 21.6 Å². The lowest BCUT2D eigenvalue weighted by atomic mass is 10.4. The molecule has 0 unspecified atom stereocenters. The summed E-state index contributed by atoms with van der Waals surface area (Å²) in [6.45, 7) is 1.80. The highest BCUT2D eigenvalue weighted by Gasteiger charge is 2.21. The zero-order valence-electron chi connectivity index (χ0n) is 11.7. The molecule has 22 heavy (non-hydrogen) atoms. The minimum Gasteiger partial charge on any atom is -0.267 e. The Morgan fingerprint density at radius 2 is 1.68 bits per heavy atom. The number of benzene rings is 1. The molecule has 0 atom stereocenters. The summed E-state index contributed by atoms with van der Waals surface area (Å²) >= 11 is 1.17. The molecule has 0 radical (unpaired) electrons. The number of carbonyl (C=O) groups excluding carboxylic acids is 1. The molecular weight excluding hydrogens is 346 g/mol. The fourth-order valence-corrected chi connectivity index (χ4v) is 4.24. The Labute approximate surface area is 132 Å². The number of hydrogen-bond donors (Lipinski definition) is 1. The van der Waals surface area contributed by atoms with Crippen molar-refractivity contribution in [3.05, 3.63) is 46.2 Å². The molecule has 0 fully saturated rings. The van der Waals surface area contributed by atoms with Gasteiger partial charge < -0.3 is 0 Å². The maximum atomic E-state index is 12.2. The molecule has 0 aliphatic heterocycles. The molecule has 0 aliphatic carbocycles. The van der Waals surface area contributed by atoms with Crippen molar-refractivity contribution in [2.45, 2.75) is 16.7 Å². The van der Waals surface area contributed by atoms with Gasteiger partial charge >= 0.3 is 0 Å². The predicted octanol–water partition coefficient (Wildman–Crippen LogP) is 1.58. The second-order valence-electron chi connectivity index (χ2n) is 4.59. The molecule has 1 heterocycles. The zero-order valence-corrected chi connectivity index (χ0v) is 14.2. The van der Waals surface area contributed by atoms with Crippen molar-refractivity contribution in [3.8, 4) is 0 Å². The smallest absolute Gasteiger partial charge is 0.267 e. The van der Waals surface area contributed by atoms with Crippen LogP contribution in [0.25, 0.3) is 0 Å². The van der Waals surface area contributed by atoms with Gasteiger partial charge in [0.05, 0.1) is 14.7 Å². The van der Waals surface area contributed by atoms with E-state index in [2.05, 4.69) is 0 Å². The first-order valence-corrected chi connectivity index (χ1v) is 10.2. The second kappa shape index (κ2) is 5.82. The van der Waals surface area contributed by atoms with Gasteiger partial charge in [0.2, 0.25) is 0 Å². The first kappa shape index (κ1) is 16.7. The van der Waals surface area contributed by atoms with E-state index in [1.165, 1.54) is 35.6 Å². The predicted molar refractivity (Wildman–Crippen MR) is 83.3 cm³/mol. The van der Waals surface area contributed by atoms with E-state index in [1.807, 2.05) is 4.72 Å². The quantitative estimate of drug-likeness (QED) is 0.894. The van der Waals surface area contributed by atoms with Crippen LogP contribution in [-0.2, 0) is 19.9 Å². The first-order valence-electron chi connectivity index (χ1n) is 6.03. The maximum absolute atomic E-state index is 12.2. The van der Waals surface area contributed by atoms with Gasteiger partial charge in [-0.15, -0.1) is 11.3 Å². The average Bonchev–Trinajstić information content (AvgIpc) is 2.84. The van der Waals surface area contributed by atoms with Crippen molar-refractivity contribution >= 4 is 37.1 Å². The topological polar surface area (TPSA) is 97.4 Å². The van der Waals surface area contributed by atoms with E-state index in [1.54, 1.807) is 13.0 Å². The van der Waals surface area contributed by atoms with Crippen LogP contribution < -0.4 is 4.72 Å². The number of rotatable bonds is 4. The molecule has 6 nitrogen and oxygen atoms in total. The standard InChI is InChI=1S/C13H13NO5S3/c1-9-6-7-12(20-9)13(15)14-22(18,19)11-5-3-4-10(8-11)21(2,16)17/h3-8H,1-2H3,(H,14,15). The van der Waals surface area contributed by atoms with Crippen LogP contribution >= 0.6 is 11.3 Å². The molecule has 1 aromatic carbocycles. The van der Waals surface area contributed by atoms with Crippen LogP contribution in [-0.4, -0.2) is 29.0 Å². The van der Waals surface area contributed by atoms with E-state index in [9.17, 15) is 21.6 Å². The number of hydrogen-bond acceptors (Lipinski definition) is 6. The van der Waals surface area contributed by atoms with Gasteiger partial charge in [-0.3, -0.25) is 4.79 Å². The number of amides is 1. The number of thiophene rings is 1. The van der Waals surface area contributed by atoms with Crippen molar-refractivity contribution in [1.29, 1.82) is 0 Å². The SMILES string of the molecule is Cc1ccc(C(=O)NS(=O)(=O)c2cccc(S(C)(=O)=O)c2)s1. The van der Waals surface area contributed by atoms with Gasteiger partial charge in [0, 0.05) is 11.1 Å². The summed E-state index contributed by atoms with van der Waals surface area (Å²) in [5.41, 5.74) is 0. The lowest BCUT2D eigenvalue weighted by molar-refractivity contribution is 0.0985. The summed E-state index contributed by atoms with van der Waals surface area (Å²) in [7, 11) is -7.68. The largest absolute Gasteiger partial charge is 0.275 e. The third-order valence-electron chi connectivity index (χ3n) is 2.74. The monoisotopic (exact) mass is 359 g/mol. The van der Waals surface area contributed by atoms with Crippen LogP contribution in [0.5, 0.6) is 0 Å². The molecule has 1 N–H and O–H groups in total. The highest BCUT2D eigenvalue weighted by atomic mass is 32.2. The Hall–Kier alpha value is -1.71. The van der Waals surface area contributed by atoms with E-state index in [0.717, 1.165) is 17.2 Å². The molecule has 2 aromatic rings. The van der Waals surface area contributed by atoms with Crippen LogP contribution in [0.15, 0.2) is 46.2 Å². The summed E-state index contributed by atoms with van der Waals surface area (Å²) in [4.78, 5) is 12.7. The third kappa shape index (κ3) is 3.73. The molecule has 2 rings (SSSR count). The Morgan fingerprint density at radius 1 is 1.05 bits per heavy atom. The minimum absolute atomic E-state index is 0.130. The molecule has 0 aliphatic rings. The van der Waals surface area contributed by atoms with Crippen molar-refractivity contribution in [1.82, 2.24) is 4.72 Å². The summed E-state index contributed by atoms with van der Waals surface area (Å²) in [6.07, 6.45) is 0.978.